The second-order valence-electron chi connectivity index (χ2n) is 5.55. The second kappa shape index (κ2) is 5.26. The maximum Gasteiger partial charge on any atom is 0.433 e. The van der Waals surface area contributed by atoms with Gasteiger partial charge in [-0.2, -0.15) is 13.2 Å². The molecule has 8 heteroatoms. The highest BCUT2D eigenvalue weighted by molar-refractivity contribution is 5.43. The van der Waals surface area contributed by atoms with E-state index in [9.17, 15) is 13.2 Å². The first-order valence-corrected chi connectivity index (χ1v) is 6.98. The molecule has 0 radical (unpaired) electrons. The lowest BCUT2D eigenvalue weighted by Gasteiger charge is -2.40. The summed E-state index contributed by atoms with van der Waals surface area (Å²) < 4.78 is 40.4. The average molecular weight is 311 g/mol. The van der Waals surface area contributed by atoms with Gasteiger partial charge in [0.1, 0.15) is 23.2 Å². The van der Waals surface area contributed by atoms with Crippen molar-refractivity contribution < 1.29 is 13.2 Å². The molecule has 2 aromatic heterocycles. The molecule has 0 saturated carbocycles. The summed E-state index contributed by atoms with van der Waals surface area (Å²) in [6, 6.07) is 1.02. The molecule has 22 heavy (non-hydrogen) atoms. The minimum absolute atomic E-state index is 0.138. The van der Waals surface area contributed by atoms with Crippen LogP contribution in [0.15, 0.2) is 18.5 Å². The Bertz CT molecular complexity index is 673. The molecule has 0 aromatic carbocycles. The number of halogens is 3. The number of hydrogen-bond acceptors (Lipinski definition) is 4. The zero-order valence-electron chi connectivity index (χ0n) is 12.3. The Labute approximate surface area is 125 Å². The smallest absolute Gasteiger partial charge is 0.356 e. The SMILES string of the molecule is Cc1nc(N2CC(Cn3ccnc3C)C2)cc(C(F)(F)F)n1. The van der Waals surface area contributed by atoms with Crippen molar-refractivity contribution in [2.45, 2.75) is 26.6 Å². The highest BCUT2D eigenvalue weighted by atomic mass is 19.4. The van der Waals surface area contributed by atoms with Crippen molar-refractivity contribution in [3.63, 3.8) is 0 Å². The van der Waals surface area contributed by atoms with Gasteiger partial charge in [-0.25, -0.2) is 15.0 Å². The third kappa shape index (κ3) is 2.90. The lowest BCUT2D eigenvalue weighted by Crippen LogP contribution is -2.49. The zero-order chi connectivity index (χ0) is 15.9. The molecule has 1 fully saturated rings. The number of alkyl halides is 3. The summed E-state index contributed by atoms with van der Waals surface area (Å²) in [6.45, 7) is 5.60. The van der Waals surface area contributed by atoms with E-state index in [0.29, 0.717) is 24.8 Å². The fraction of sp³-hybridized carbons (Fsp3) is 0.500. The van der Waals surface area contributed by atoms with Crippen molar-refractivity contribution in [2.24, 2.45) is 5.92 Å². The third-order valence-corrected chi connectivity index (χ3v) is 3.77. The first-order valence-electron chi connectivity index (χ1n) is 6.98. The molecule has 0 amide bonds. The van der Waals surface area contributed by atoms with Gasteiger partial charge >= 0.3 is 6.18 Å². The number of nitrogens with zero attached hydrogens (tertiary/aromatic N) is 5. The van der Waals surface area contributed by atoms with Crippen molar-refractivity contribution in [1.82, 2.24) is 19.5 Å². The predicted octanol–water partition coefficient (Wildman–Crippen LogP) is 2.45. The Hall–Kier alpha value is -2.12. The van der Waals surface area contributed by atoms with E-state index in [-0.39, 0.29) is 5.82 Å². The molecule has 1 aliphatic rings. The van der Waals surface area contributed by atoms with E-state index in [1.807, 2.05) is 22.6 Å². The van der Waals surface area contributed by atoms with Crippen LogP contribution in [-0.4, -0.2) is 32.6 Å². The molecule has 0 bridgehead atoms. The van der Waals surface area contributed by atoms with Crippen LogP contribution < -0.4 is 4.90 Å². The van der Waals surface area contributed by atoms with Gasteiger partial charge in [0, 0.05) is 44.0 Å². The van der Waals surface area contributed by atoms with Crippen LogP contribution in [-0.2, 0) is 12.7 Å². The number of aryl methyl sites for hydroxylation is 2. The predicted molar refractivity (Wildman–Crippen MR) is 74.4 cm³/mol. The minimum Gasteiger partial charge on any atom is -0.356 e. The van der Waals surface area contributed by atoms with Crippen molar-refractivity contribution in [1.29, 1.82) is 0 Å². The fourth-order valence-corrected chi connectivity index (χ4v) is 2.61. The largest absolute Gasteiger partial charge is 0.433 e. The summed E-state index contributed by atoms with van der Waals surface area (Å²) in [5.41, 5.74) is -0.885. The number of hydrogen-bond donors (Lipinski definition) is 0. The highest BCUT2D eigenvalue weighted by Crippen LogP contribution is 2.31. The molecule has 0 atom stereocenters. The van der Waals surface area contributed by atoms with Gasteiger partial charge in [0.05, 0.1) is 0 Å². The zero-order valence-corrected chi connectivity index (χ0v) is 12.3. The van der Waals surface area contributed by atoms with Gasteiger partial charge in [0.15, 0.2) is 0 Å². The van der Waals surface area contributed by atoms with E-state index >= 15 is 0 Å². The molecule has 1 saturated heterocycles. The van der Waals surface area contributed by atoms with E-state index in [1.165, 1.54) is 6.92 Å². The van der Waals surface area contributed by atoms with Crippen molar-refractivity contribution in [2.75, 3.05) is 18.0 Å². The summed E-state index contributed by atoms with van der Waals surface area (Å²) in [7, 11) is 0. The van der Waals surface area contributed by atoms with Crippen molar-refractivity contribution >= 4 is 5.82 Å². The minimum atomic E-state index is -4.44. The molecule has 0 unspecified atom stereocenters. The normalized spacial score (nSPS) is 16.0. The summed E-state index contributed by atoms with van der Waals surface area (Å²) >= 11 is 0. The van der Waals surface area contributed by atoms with Gasteiger partial charge in [-0.3, -0.25) is 0 Å². The van der Waals surface area contributed by atoms with Crippen molar-refractivity contribution in [3.8, 4) is 0 Å². The van der Waals surface area contributed by atoms with Crippen LogP contribution in [0.3, 0.4) is 0 Å². The molecule has 3 heterocycles. The quantitative estimate of drug-likeness (QED) is 0.873. The molecule has 5 nitrogen and oxygen atoms in total. The summed E-state index contributed by atoms with van der Waals surface area (Å²) in [6.07, 6.45) is -0.787. The average Bonchev–Trinajstić information content (AvgIpc) is 2.77. The molecule has 0 N–H and O–H groups in total. The van der Waals surface area contributed by atoms with Crippen LogP contribution >= 0.6 is 0 Å². The molecule has 0 spiro atoms. The summed E-state index contributed by atoms with van der Waals surface area (Å²) in [4.78, 5) is 13.6. The maximum absolute atomic E-state index is 12.8. The number of aromatic nitrogens is 4. The highest BCUT2D eigenvalue weighted by Gasteiger charge is 2.35. The Morgan fingerprint density at radius 2 is 1.95 bits per heavy atom. The second-order valence-corrected chi connectivity index (χ2v) is 5.55. The van der Waals surface area contributed by atoms with E-state index in [0.717, 1.165) is 18.4 Å². The molecular weight excluding hydrogens is 295 g/mol. The lowest BCUT2D eigenvalue weighted by atomic mass is 10.00. The number of anilines is 1. The number of imidazole rings is 1. The van der Waals surface area contributed by atoms with Crippen LogP contribution in [0.2, 0.25) is 0 Å². The third-order valence-electron chi connectivity index (χ3n) is 3.77. The molecule has 2 aromatic rings. The van der Waals surface area contributed by atoms with Crippen LogP contribution in [0.25, 0.3) is 0 Å². The van der Waals surface area contributed by atoms with E-state index in [1.54, 1.807) is 6.20 Å². The molecule has 3 rings (SSSR count). The van der Waals surface area contributed by atoms with Crippen molar-refractivity contribution in [3.05, 3.63) is 35.8 Å². The Balaban J connectivity index is 1.68. The van der Waals surface area contributed by atoms with Gasteiger partial charge in [-0.1, -0.05) is 0 Å². The first kappa shape index (κ1) is 14.8. The van der Waals surface area contributed by atoms with Gasteiger partial charge < -0.3 is 9.47 Å². The maximum atomic E-state index is 12.8. The Morgan fingerprint density at radius 3 is 2.55 bits per heavy atom. The fourth-order valence-electron chi connectivity index (χ4n) is 2.61. The van der Waals surface area contributed by atoms with Crippen LogP contribution in [0.4, 0.5) is 19.0 Å². The summed E-state index contributed by atoms with van der Waals surface area (Å²) in [5, 5.41) is 0. The molecule has 118 valence electrons. The van der Waals surface area contributed by atoms with Crippen LogP contribution in [0, 0.1) is 19.8 Å². The van der Waals surface area contributed by atoms with E-state index in [2.05, 4.69) is 15.0 Å². The molecule has 0 aliphatic carbocycles. The van der Waals surface area contributed by atoms with Gasteiger partial charge in [-0.05, 0) is 13.8 Å². The monoisotopic (exact) mass is 311 g/mol. The Kier molecular flexibility index (Phi) is 3.54. The lowest BCUT2D eigenvalue weighted by molar-refractivity contribution is -0.141. The number of rotatable bonds is 3. The topological polar surface area (TPSA) is 46.8 Å². The van der Waals surface area contributed by atoms with Gasteiger partial charge in [0.2, 0.25) is 0 Å². The van der Waals surface area contributed by atoms with Crippen LogP contribution in [0.5, 0.6) is 0 Å². The van der Waals surface area contributed by atoms with Gasteiger partial charge in [-0.15, -0.1) is 0 Å². The van der Waals surface area contributed by atoms with Gasteiger partial charge in [0.25, 0.3) is 0 Å². The van der Waals surface area contributed by atoms with E-state index in [4.69, 9.17) is 0 Å². The Morgan fingerprint density at radius 1 is 1.23 bits per heavy atom. The first-order chi connectivity index (χ1) is 10.3. The standard InChI is InChI=1S/C14H16F3N5/c1-9-19-12(14(15,16)17)5-13(20-9)22-7-11(8-22)6-21-4-3-18-10(21)2/h3-5,11H,6-8H2,1-2H3. The summed E-state index contributed by atoms with van der Waals surface area (Å²) in [5.74, 6) is 1.81. The molecular formula is C14H16F3N5. The molecule has 1 aliphatic heterocycles. The van der Waals surface area contributed by atoms with Crippen LogP contribution in [0.1, 0.15) is 17.3 Å². The van der Waals surface area contributed by atoms with E-state index < -0.39 is 11.9 Å².